The van der Waals surface area contributed by atoms with Gasteiger partial charge in [0.05, 0.1) is 5.56 Å². The van der Waals surface area contributed by atoms with Crippen LogP contribution >= 0.6 is 11.6 Å². The van der Waals surface area contributed by atoms with Crippen LogP contribution in [0.4, 0.5) is 13.2 Å². The first kappa shape index (κ1) is 17.1. The van der Waals surface area contributed by atoms with Crippen molar-refractivity contribution in [2.45, 2.75) is 19.2 Å². The van der Waals surface area contributed by atoms with E-state index >= 15 is 0 Å². The Balaban J connectivity index is 2.49. The molecular formula is C15H11ClF3NO3. The van der Waals surface area contributed by atoms with Crippen LogP contribution in [-0.4, -0.2) is 28.3 Å². The summed E-state index contributed by atoms with van der Waals surface area (Å²) in [5, 5.41) is 9.45. The molecule has 1 aromatic heterocycles. The van der Waals surface area contributed by atoms with Gasteiger partial charge < -0.3 is 9.84 Å². The number of aromatic nitrogens is 1. The van der Waals surface area contributed by atoms with E-state index in [-0.39, 0.29) is 17.0 Å². The minimum Gasteiger partial charge on any atom is -0.478 e. The van der Waals surface area contributed by atoms with E-state index in [0.29, 0.717) is 10.6 Å². The molecule has 0 saturated carbocycles. The molecular weight excluding hydrogens is 335 g/mol. The second kappa shape index (κ2) is 6.45. The summed E-state index contributed by atoms with van der Waals surface area (Å²) in [4.78, 5) is 14.8. The SMILES string of the molecule is C[C@H](Oc1ncc(C(=O)O)cc1-c1ccc(Cl)cc1)C(F)(F)F. The molecule has 0 bridgehead atoms. The van der Waals surface area contributed by atoms with Gasteiger partial charge in [-0.1, -0.05) is 23.7 Å². The first-order chi connectivity index (χ1) is 10.7. The van der Waals surface area contributed by atoms with Gasteiger partial charge in [-0.05, 0) is 30.7 Å². The number of aromatic carboxylic acids is 1. The average molecular weight is 346 g/mol. The van der Waals surface area contributed by atoms with Crippen LogP contribution in [0.3, 0.4) is 0 Å². The topological polar surface area (TPSA) is 59.4 Å². The third kappa shape index (κ3) is 4.13. The minimum atomic E-state index is -4.57. The maximum atomic E-state index is 12.7. The summed E-state index contributed by atoms with van der Waals surface area (Å²) >= 11 is 5.78. The largest absolute Gasteiger partial charge is 0.478 e. The number of carboxylic acids is 1. The Bertz CT molecular complexity index is 717. The number of hydrogen-bond acceptors (Lipinski definition) is 3. The van der Waals surface area contributed by atoms with E-state index in [1.165, 1.54) is 30.3 Å². The van der Waals surface area contributed by atoms with Crippen molar-refractivity contribution in [3.63, 3.8) is 0 Å². The minimum absolute atomic E-state index is 0.137. The van der Waals surface area contributed by atoms with Gasteiger partial charge in [0.25, 0.3) is 0 Å². The molecule has 0 radical (unpaired) electrons. The van der Waals surface area contributed by atoms with E-state index in [9.17, 15) is 18.0 Å². The molecule has 23 heavy (non-hydrogen) atoms. The standard InChI is InChI=1S/C15H11ClF3NO3/c1-8(15(17,18)19)23-13-12(6-10(7-20-13)14(21)22)9-2-4-11(16)5-3-9/h2-8H,1H3,(H,21,22)/t8-/m0/s1. The second-order valence-electron chi connectivity index (χ2n) is 4.69. The molecule has 0 aliphatic rings. The van der Waals surface area contributed by atoms with Gasteiger partial charge in [0, 0.05) is 16.8 Å². The molecule has 0 unspecified atom stereocenters. The van der Waals surface area contributed by atoms with Crippen molar-refractivity contribution in [1.29, 1.82) is 0 Å². The van der Waals surface area contributed by atoms with Crippen LogP contribution in [0.1, 0.15) is 17.3 Å². The van der Waals surface area contributed by atoms with Crippen LogP contribution in [0.15, 0.2) is 36.5 Å². The summed E-state index contributed by atoms with van der Waals surface area (Å²) in [5.74, 6) is -1.55. The summed E-state index contributed by atoms with van der Waals surface area (Å²) in [6.07, 6.45) is -5.71. The molecule has 0 spiro atoms. The maximum Gasteiger partial charge on any atom is 0.425 e. The van der Waals surface area contributed by atoms with Gasteiger partial charge in [-0.2, -0.15) is 13.2 Å². The average Bonchev–Trinajstić information content (AvgIpc) is 2.47. The van der Waals surface area contributed by atoms with Gasteiger partial charge in [0.15, 0.2) is 6.10 Å². The molecule has 0 amide bonds. The molecule has 8 heteroatoms. The summed E-state index contributed by atoms with van der Waals surface area (Å²) in [5.41, 5.74) is 0.411. The van der Waals surface area contributed by atoms with Crippen LogP contribution in [-0.2, 0) is 0 Å². The predicted molar refractivity (Wildman–Crippen MR) is 77.8 cm³/mol. The number of carboxylic acid groups (broad SMARTS) is 1. The van der Waals surface area contributed by atoms with Gasteiger partial charge in [0.2, 0.25) is 5.88 Å². The third-order valence-corrected chi connectivity index (χ3v) is 3.25. The third-order valence-electron chi connectivity index (χ3n) is 3.00. The lowest BCUT2D eigenvalue weighted by Gasteiger charge is -2.19. The summed E-state index contributed by atoms with van der Waals surface area (Å²) < 4.78 is 42.9. The van der Waals surface area contributed by atoms with Crippen molar-refractivity contribution in [3.05, 3.63) is 47.1 Å². The molecule has 4 nitrogen and oxygen atoms in total. The van der Waals surface area contributed by atoms with Crippen LogP contribution in [0.2, 0.25) is 5.02 Å². The summed E-state index contributed by atoms with van der Waals surface area (Å²) in [6.45, 7) is 0.846. The Morgan fingerprint density at radius 3 is 2.43 bits per heavy atom. The number of nitrogens with zero attached hydrogens (tertiary/aromatic N) is 1. The lowest BCUT2D eigenvalue weighted by molar-refractivity contribution is -0.189. The fourth-order valence-corrected chi connectivity index (χ4v) is 1.86. The highest BCUT2D eigenvalue weighted by molar-refractivity contribution is 6.30. The highest BCUT2D eigenvalue weighted by Crippen LogP contribution is 2.33. The van der Waals surface area contributed by atoms with Crippen molar-refractivity contribution in [2.24, 2.45) is 0 Å². The first-order valence-corrected chi connectivity index (χ1v) is 6.79. The molecule has 0 saturated heterocycles. The number of benzene rings is 1. The van der Waals surface area contributed by atoms with E-state index in [4.69, 9.17) is 21.4 Å². The molecule has 1 heterocycles. The Labute approximate surface area is 134 Å². The highest BCUT2D eigenvalue weighted by atomic mass is 35.5. The van der Waals surface area contributed by atoms with Gasteiger partial charge in [0.1, 0.15) is 0 Å². The highest BCUT2D eigenvalue weighted by Gasteiger charge is 2.38. The quantitative estimate of drug-likeness (QED) is 0.890. The number of ether oxygens (including phenoxy) is 1. The van der Waals surface area contributed by atoms with Crippen LogP contribution in [0.5, 0.6) is 5.88 Å². The lowest BCUT2D eigenvalue weighted by Crippen LogP contribution is -2.31. The summed E-state index contributed by atoms with van der Waals surface area (Å²) in [7, 11) is 0. The van der Waals surface area contributed by atoms with E-state index in [2.05, 4.69) is 4.98 Å². The number of rotatable bonds is 4. The van der Waals surface area contributed by atoms with E-state index < -0.39 is 18.2 Å². The van der Waals surface area contributed by atoms with Crippen LogP contribution < -0.4 is 4.74 Å². The lowest BCUT2D eigenvalue weighted by atomic mass is 10.1. The number of alkyl halides is 3. The normalized spacial score (nSPS) is 12.7. The van der Waals surface area contributed by atoms with Crippen molar-refractivity contribution >= 4 is 17.6 Å². The van der Waals surface area contributed by atoms with Crippen molar-refractivity contribution < 1.29 is 27.8 Å². The van der Waals surface area contributed by atoms with Crippen molar-refractivity contribution in [1.82, 2.24) is 4.98 Å². The fraction of sp³-hybridized carbons (Fsp3) is 0.200. The zero-order chi connectivity index (χ0) is 17.2. The number of carbonyl (C=O) groups is 1. The van der Waals surface area contributed by atoms with E-state index in [1.807, 2.05) is 0 Å². The van der Waals surface area contributed by atoms with Gasteiger partial charge in [-0.25, -0.2) is 9.78 Å². The molecule has 0 aliphatic heterocycles. The molecule has 122 valence electrons. The van der Waals surface area contributed by atoms with E-state index in [1.54, 1.807) is 0 Å². The molecule has 0 aliphatic carbocycles. The van der Waals surface area contributed by atoms with Crippen LogP contribution in [0.25, 0.3) is 11.1 Å². The summed E-state index contributed by atoms with van der Waals surface area (Å²) in [6, 6.07) is 7.34. The fourth-order valence-electron chi connectivity index (χ4n) is 1.73. The zero-order valence-corrected chi connectivity index (χ0v) is 12.5. The smallest absolute Gasteiger partial charge is 0.425 e. The zero-order valence-electron chi connectivity index (χ0n) is 11.8. The number of pyridine rings is 1. The van der Waals surface area contributed by atoms with E-state index in [0.717, 1.165) is 13.1 Å². The van der Waals surface area contributed by atoms with Crippen molar-refractivity contribution in [3.8, 4) is 17.0 Å². The Morgan fingerprint density at radius 2 is 1.91 bits per heavy atom. The number of halogens is 4. The van der Waals surface area contributed by atoms with Gasteiger partial charge in [-0.15, -0.1) is 0 Å². The molecule has 2 aromatic rings. The molecule has 1 atom stereocenters. The second-order valence-corrected chi connectivity index (χ2v) is 5.13. The number of hydrogen-bond donors (Lipinski definition) is 1. The molecule has 1 N–H and O–H groups in total. The van der Waals surface area contributed by atoms with Gasteiger partial charge in [-0.3, -0.25) is 0 Å². The van der Waals surface area contributed by atoms with Crippen molar-refractivity contribution in [2.75, 3.05) is 0 Å². The predicted octanol–water partition coefficient (Wildman–Crippen LogP) is 4.43. The molecule has 0 fully saturated rings. The molecule has 2 rings (SSSR count). The Hall–Kier alpha value is -2.28. The monoisotopic (exact) mass is 345 g/mol. The maximum absolute atomic E-state index is 12.7. The van der Waals surface area contributed by atoms with Gasteiger partial charge >= 0.3 is 12.1 Å². The Morgan fingerprint density at radius 1 is 1.30 bits per heavy atom. The van der Waals surface area contributed by atoms with Crippen LogP contribution in [0, 0.1) is 0 Å². The molecule has 1 aromatic carbocycles. The first-order valence-electron chi connectivity index (χ1n) is 6.41. The Kier molecular flexibility index (Phi) is 4.79.